The fourth-order valence-electron chi connectivity index (χ4n) is 2.99. The van der Waals surface area contributed by atoms with Crippen molar-refractivity contribution in [2.45, 2.75) is 39.0 Å². The fraction of sp³-hybridized carbons (Fsp3) is 0.750. The fourth-order valence-corrected chi connectivity index (χ4v) is 3.28. The van der Waals surface area contributed by atoms with Crippen molar-refractivity contribution in [1.29, 1.82) is 0 Å². The third-order valence-corrected chi connectivity index (χ3v) is 4.76. The maximum absolute atomic E-state index is 12.4. The zero-order chi connectivity index (χ0) is 16.7. The summed E-state index contributed by atoms with van der Waals surface area (Å²) in [7, 11) is 0. The maximum Gasteiger partial charge on any atom is 0.246 e. The SMILES string of the molecule is CCCCN1C(=O)[C@@H](C=NCC[NH+]2CCCCC2)C(=O)NC1=S. The molecule has 2 amide bonds. The Morgan fingerprint density at radius 1 is 1.35 bits per heavy atom. The summed E-state index contributed by atoms with van der Waals surface area (Å²) in [5.41, 5.74) is 0. The van der Waals surface area contributed by atoms with Crippen LogP contribution in [0.3, 0.4) is 0 Å². The van der Waals surface area contributed by atoms with E-state index in [0.29, 0.717) is 13.1 Å². The lowest BCUT2D eigenvalue weighted by Crippen LogP contribution is -3.13. The number of carbonyl (C=O) groups is 2. The molecule has 0 bridgehead atoms. The molecule has 2 saturated heterocycles. The highest BCUT2D eigenvalue weighted by Crippen LogP contribution is 2.10. The minimum atomic E-state index is -0.838. The molecule has 6 nitrogen and oxygen atoms in total. The molecule has 2 aliphatic heterocycles. The quantitative estimate of drug-likeness (QED) is 0.383. The van der Waals surface area contributed by atoms with E-state index in [4.69, 9.17) is 12.2 Å². The van der Waals surface area contributed by atoms with Gasteiger partial charge in [0.2, 0.25) is 11.8 Å². The summed E-state index contributed by atoms with van der Waals surface area (Å²) in [6.45, 7) is 6.65. The number of likely N-dealkylation sites (tertiary alicyclic amines) is 1. The Bertz CT molecular complexity index is 475. The van der Waals surface area contributed by atoms with Gasteiger partial charge < -0.3 is 10.2 Å². The monoisotopic (exact) mass is 339 g/mol. The molecule has 2 N–H and O–H groups in total. The highest BCUT2D eigenvalue weighted by molar-refractivity contribution is 7.80. The molecule has 1 atom stereocenters. The van der Waals surface area contributed by atoms with Gasteiger partial charge in [-0.05, 0) is 37.9 Å². The normalized spacial score (nSPS) is 23.6. The van der Waals surface area contributed by atoms with Crippen molar-refractivity contribution < 1.29 is 14.5 Å². The molecule has 0 spiro atoms. The Balaban J connectivity index is 1.86. The Hall–Kier alpha value is -1.34. The lowest BCUT2D eigenvalue weighted by molar-refractivity contribution is -0.903. The number of quaternary nitrogens is 1. The second-order valence-corrected chi connectivity index (χ2v) is 6.62. The van der Waals surface area contributed by atoms with Crippen molar-refractivity contribution >= 4 is 35.4 Å². The molecule has 23 heavy (non-hydrogen) atoms. The topological polar surface area (TPSA) is 66.2 Å². The van der Waals surface area contributed by atoms with Crippen molar-refractivity contribution in [2.75, 3.05) is 32.7 Å². The van der Waals surface area contributed by atoms with Crippen molar-refractivity contribution in [3.05, 3.63) is 0 Å². The minimum absolute atomic E-state index is 0.218. The molecule has 0 aliphatic carbocycles. The number of amides is 2. The number of nitrogens with zero attached hydrogens (tertiary/aromatic N) is 2. The summed E-state index contributed by atoms with van der Waals surface area (Å²) >= 11 is 5.09. The van der Waals surface area contributed by atoms with Gasteiger partial charge >= 0.3 is 0 Å². The van der Waals surface area contributed by atoms with E-state index >= 15 is 0 Å². The molecule has 2 aliphatic rings. The van der Waals surface area contributed by atoms with Crippen LogP contribution in [0.25, 0.3) is 0 Å². The van der Waals surface area contributed by atoms with Gasteiger partial charge in [-0.15, -0.1) is 0 Å². The van der Waals surface area contributed by atoms with E-state index in [1.807, 2.05) is 0 Å². The highest BCUT2D eigenvalue weighted by Gasteiger charge is 2.36. The van der Waals surface area contributed by atoms with E-state index in [1.165, 1.54) is 43.5 Å². The van der Waals surface area contributed by atoms with E-state index in [2.05, 4.69) is 17.2 Å². The molecule has 0 aromatic heterocycles. The number of unbranched alkanes of at least 4 members (excludes halogenated alkanes) is 1. The Morgan fingerprint density at radius 3 is 2.78 bits per heavy atom. The van der Waals surface area contributed by atoms with E-state index in [0.717, 1.165) is 19.4 Å². The minimum Gasteiger partial charge on any atom is -0.333 e. The third-order valence-electron chi connectivity index (χ3n) is 4.43. The van der Waals surface area contributed by atoms with E-state index in [-0.39, 0.29) is 16.9 Å². The zero-order valence-corrected chi connectivity index (χ0v) is 14.7. The van der Waals surface area contributed by atoms with Crippen LogP contribution in [0.1, 0.15) is 39.0 Å². The molecule has 2 heterocycles. The summed E-state index contributed by atoms with van der Waals surface area (Å²) in [5.74, 6) is -1.45. The summed E-state index contributed by atoms with van der Waals surface area (Å²) < 4.78 is 0. The van der Waals surface area contributed by atoms with Gasteiger partial charge in [-0.25, -0.2) is 0 Å². The molecule has 0 aromatic rings. The maximum atomic E-state index is 12.4. The van der Waals surface area contributed by atoms with Gasteiger partial charge in [0.25, 0.3) is 0 Å². The molecule has 2 rings (SSSR count). The lowest BCUT2D eigenvalue weighted by atomic mass is 10.1. The molecule has 2 fully saturated rings. The van der Waals surface area contributed by atoms with Crippen molar-refractivity contribution in [3.63, 3.8) is 0 Å². The largest absolute Gasteiger partial charge is 0.333 e. The first-order chi connectivity index (χ1) is 11.1. The predicted octanol–water partition coefficient (Wildman–Crippen LogP) is -0.214. The Kier molecular flexibility index (Phi) is 7.11. The van der Waals surface area contributed by atoms with Crippen molar-refractivity contribution in [1.82, 2.24) is 10.2 Å². The molecule has 7 heteroatoms. The van der Waals surface area contributed by atoms with Gasteiger partial charge in [0.05, 0.1) is 26.2 Å². The number of aliphatic imine (C=N–C) groups is 1. The van der Waals surface area contributed by atoms with Crippen LogP contribution >= 0.6 is 12.2 Å². The predicted molar refractivity (Wildman–Crippen MR) is 93.6 cm³/mol. The first-order valence-electron chi connectivity index (χ1n) is 8.63. The van der Waals surface area contributed by atoms with Crippen molar-refractivity contribution in [2.24, 2.45) is 10.9 Å². The van der Waals surface area contributed by atoms with Crippen LogP contribution in [0.5, 0.6) is 0 Å². The van der Waals surface area contributed by atoms with Crippen LogP contribution in [0.2, 0.25) is 0 Å². The van der Waals surface area contributed by atoms with Gasteiger partial charge in [0.15, 0.2) is 11.0 Å². The van der Waals surface area contributed by atoms with Crippen LogP contribution in [0.4, 0.5) is 0 Å². The third kappa shape index (κ3) is 5.07. The number of hydrogen-bond acceptors (Lipinski definition) is 4. The number of rotatable bonds is 7. The van der Waals surface area contributed by atoms with Crippen LogP contribution in [-0.4, -0.2) is 60.8 Å². The lowest BCUT2D eigenvalue weighted by Gasteiger charge is -2.30. The van der Waals surface area contributed by atoms with Gasteiger partial charge in [-0.1, -0.05) is 13.3 Å². The summed E-state index contributed by atoms with van der Waals surface area (Å²) in [4.78, 5) is 31.8. The number of hydrogen-bond donors (Lipinski definition) is 2. The highest BCUT2D eigenvalue weighted by atomic mass is 32.1. The zero-order valence-electron chi connectivity index (χ0n) is 13.8. The Morgan fingerprint density at radius 2 is 2.09 bits per heavy atom. The first-order valence-corrected chi connectivity index (χ1v) is 9.04. The Labute approximate surface area is 143 Å². The second-order valence-electron chi connectivity index (χ2n) is 6.23. The van der Waals surface area contributed by atoms with Gasteiger partial charge in [-0.2, -0.15) is 0 Å². The molecular formula is C16H27N4O2S+. The molecule has 128 valence electrons. The van der Waals surface area contributed by atoms with Crippen LogP contribution < -0.4 is 10.2 Å². The molecule has 0 aromatic carbocycles. The van der Waals surface area contributed by atoms with Gasteiger partial charge in [0.1, 0.15) is 0 Å². The van der Waals surface area contributed by atoms with Gasteiger partial charge in [-0.3, -0.25) is 19.5 Å². The first kappa shape index (κ1) is 18.0. The van der Waals surface area contributed by atoms with Crippen LogP contribution in [0.15, 0.2) is 4.99 Å². The van der Waals surface area contributed by atoms with Crippen LogP contribution in [-0.2, 0) is 9.59 Å². The summed E-state index contributed by atoms with van der Waals surface area (Å²) in [6.07, 6.45) is 7.24. The molecular weight excluding hydrogens is 312 g/mol. The standard InChI is InChI=1S/C16H26N4O2S/c1-2-3-10-20-15(22)13(14(21)18-16(20)23)12-17-7-11-19-8-5-4-6-9-19/h12-13H,2-11H2,1H3,(H,18,21,23)/p+1/t13-/m0/s1. The van der Waals surface area contributed by atoms with Crippen LogP contribution in [0, 0.1) is 5.92 Å². The number of nitrogens with one attached hydrogen (secondary N) is 2. The number of piperidine rings is 1. The van der Waals surface area contributed by atoms with E-state index < -0.39 is 5.92 Å². The average Bonchev–Trinajstić information content (AvgIpc) is 2.54. The second kappa shape index (κ2) is 9.08. The number of carbonyl (C=O) groups excluding carboxylic acids is 2. The van der Waals surface area contributed by atoms with E-state index in [1.54, 1.807) is 4.90 Å². The smallest absolute Gasteiger partial charge is 0.246 e. The average molecular weight is 339 g/mol. The number of thiocarbonyl (C=S) groups is 1. The molecule has 0 saturated carbocycles. The molecule has 0 unspecified atom stereocenters. The van der Waals surface area contributed by atoms with Gasteiger partial charge in [0, 0.05) is 12.8 Å². The van der Waals surface area contributed by atoms with E-state index in [9.17, 15) is 9.59 Å². The van der Waals surface area contributed by atoms with Crippen molar-refractivity contribution in [3.8, 4) is 0 Å². The molecule has 0 radical (unpaired) electrons. The summed E-state index contributed by atoms with van der Waals surface area (Å²) in [6, 6.07) is 0. The summed E-state index contributed by atoms with van der Waals surface area (Å²) in [5, 5.41) is 2.83.